The molecule has 1 saturated heterocycles. The Hall–Kier alpha value is -2.79. The molecule has 3 aromatic carbocycles. The van der Waals surface area contributed by atoms with Crippen LogP contribution in [0.3, 0.4) is 0 Å². The van der Waals surface area contributed by atoms with Gasteiger partial charge in [0.2, 0.25) is 0 Å². The van der Waals surface area contributed by atoms with Crippen LogP contribution in [0.25, 0.3) is 5.57 Å². The molecule has 0 aromatic heterocycles. The number of likely N-dealkylation sites (tertiary alicyclic amines) is 1. The van der Waals surface area contributed by atoms with Crippen molar-refractivity contribution in [3.05, 3.63) is 100 Å². The second kappa shape index (κ2) is 9.83. The number of fused-ring (bicyclic) bond motifs is 2. The normalized spacial score (nSPS) is 18.5. The highest BCUT2D eigenvalue weighted by atomic mass is 35.5. The lowest BCUT2D eigenvalue weighted by Gasteiger charge is -2.38. The maximum Gasteiger partial charge on any atom is 0.127 e. The summed E-state index contributed by atoms with van der Waals surface area (Å²) in [4.78, 5) is 2.44. The highest BCUT2D eigenvalue weighted by Gasteiger charge is 2.33. The first kappa shape index (κ1) is 23.0. The third-order valence-electron chi connectivity index (χ3n) is 7.03. The van der Waals surface area contributed by atoms with Crippen LogP contribution in [-0.4, -0.2) is 36.8 Å². The molecule has 1 fully saturated rings. The van der Waals surface area contributed by atoms with Crippen molar-refractivity contribution in [2.75, 3.05) is 26.7 Å². The minimum atomic E-state index is -0.771. The molecular formula is C29H30ClNO3. The van der Waals surface area contributed by atoms with E-state index >= 15 is 0 Å². The fourth-order valence-corrected chi connectivity index (χ4v) is 5.11. The van der Waals surface area contributed by atoms with Crippen LogP contribution in [-0.2, 0) is 12.2 Å². The molecule has 176 valence electrons. The summed E-state index contributed by atoms with van der Waals surface area (Å²) in [6.45, 7) is 3.24. The van der Waals surface area contributed by atoms with Crippen molar-refractivity contribution < 1.29 is 14.6 Å². The van der Waals surface area contributed by atoms with Gasteiger partial charge in [-0.2, -0.15) is 0 Å². The van der Waals surface area contributed by atoms with Crippen LogP contribution in [0.1, 0.15) is 41.5 Å². The molecule has 3 aromatic rings. The van der Waals surface area contributed by atoms with E-state index in [0.29, 0.717) is 11.6 Å². The Bertz CT molecular complexity index is 1180. The van der Waals surface area contributed by atoms with Crippen LogP contribution in [0, 0.1) is 0 Å². The Balaban J connectivity index is 1.31. The molecule has 0 saturated carbocycles. The van der Waals surface area contributed by atoms with Crippen molar-refractivity contribution in [1.29, 1.82) is 0 Å². The van der Waals surface area contributed by atoms with E-state index in [9.17, 15) is 5.11 Å². The topological polar surface area (TPSA) is 41.9 Å². The maximum atomic E-state index is 11.2. The van der Waals surface area contributed by atoms with E-state index in [4.69, 9.17) is 21.1 Å². The zero-order valence-corrected chi connectivity index (χ0v) is 20.2. The Morgan fingerprint density at radius 2 is 1.79 bits per heavy atom. The van der Waals surface area contributed by atoms with Crippen molar-refractivity contribution in [3.63, 3.8) is 0 Å². The van der Waals surface area contributed by atoms with Crippen LogP contribution >= 0.6 is 11.6 Å². The van der Waals surface area contributed by atoms with Crippen LogP contribution in [0.15, 0.2) is 72.8 Å². The van der Waals surface area contributed by atoms with E-state index in [1.807, 2.05) is 36.4 Å². The quantitative estimate of drug-likeness (QED) is 0.488. The van der Waals surface area contributed by atoms with Gasteiger partial charge in [-0.05, 0) is 71.9 Å². The third-order valence-corrected chi connectivity index (χ3v) is 7.28. The summed E-state index contributed by atoms with van der Waals surface area (Å²) in [7, 11) is 1.69. The fourth-order valence-electron chi connectivity index (χ4n) is 4.99. The molecule has 0 radical (unpaired) electrons. The number of nitrogens with zero attached hydrogens (tertiary/aromatic N) is 1. The van der Waals surface area contributed by atoms with Crippen molar-refractivity contribution in [1.82, 2.24) is 4.90 Å². The largest absolute Gasteiger partial charge is 0.497 e. The zero-order valence-electron chi connectivity index (χ0n) is 19.5. The van der Waals surface area contributed by atoms with Crippen molar-refractivity contribution in [2.45, 2.75) is 31.5 Å². The van der Waals surface area contributed by atoms with Gasteiger partial charge in [-0.3, -0.25) is 0 Å². The minimum Gasteiger partial charge on any atom is -0.497 e. The second-order valence-corrected chi connectivity index (χ2v) is 9.53. The standard InChI is InChI=1S/C29H30ClNO3/c1-33-24-12-13-28-27(19-24)26(25-6-3-2-5-21(25)20-34-28)7-4-16-31-17-14-29(32,15-18-31)22-8-10-23(30)11-9-22/h2-3,5-13,19,32H,4,14-18,20H2,1H3/b26-7-. The Labute approximate surface area is 206 Å². The lowest BCUT2D eigenvalue weighted by molar-refractivity contribution is -0.0254. The third kappa shape index (κ3) is 4.72. The molecule has 2 aliphatic rings. The Morgan fingerprint density at radius 1 is 1.03 bits per heavy atom. The van der Waals surface area contributed by atoms with E-state index in [-0.39, 0.29) is 0 Å². The molecule has 0 bridgehead atoms. The number of hydrogen-bond acceptors (Lipinski definition) is 4. The van der Waals surface area contributed by atoms with E-state index in [1.165, 1.54) is 16.7 Å². The predicted molar refractivity (Wildman–Crippen MR) is 136 cm³/mol. The number of halogens is 1. The van der Waals surface area contributed by atoms with Gasteiger partial charge < -0.3 is 19.5 Å². The molecule has 4 nitrogen and oxygen atoms in total. The zero-order chi connectivity index (χ0) is 23.5. The highest BCUT2D eigenvalue weighted by Crippen LogP contribution is 2.39. The average molecular weight is 476 g/mol. The second-order valence-electron chi connectivity index (χ2n) is 9.09. The van der Waals surface area contributed by atoms with Gasteiger partial charge >= 0.3 is 0 Å². The monoisotopic (exact) mass is 475 g/mol. The molecule has 2 heterocycles. The number of ether oxygens (including phenoxy) is 2. The molecule has 0 spiro atoms. The van der Waals surface area contributed by atoms with Crippen molar-refractivity contribution >= 4 is 17.2 Å². The molecule has 34 heavy (non-hydrogen) atoms. The summed E-state index contributed by atoms with van der Waals surface area (Å²) in [6, 6.07) is 22.1. The molecule has 0 aliphatic carbocycles. The number of hydrogen-bond donors (Lipinski definition) is 1. The molecule has 0 unspecified atom stereocenters. The summed E-state index contributed by atoms with van der Waals surface area (Å²) in [5.74, 6) is 1.71. The first-order valence-corrected chi connectivity index (χ1v) is 12.2. The summed E-state index contributed by atoms with van der Waals surface area (Å²) >= 11 is 6.02. The lowest BCUT2D eigenvalue weighted by Crippen LogP contribution is -2.42. The molecular weight excluding hydrogens is 446 g/mol. The molecule has 5 heteroatoms. The van der Waals surface area contributed by atoms with Gasteiger partial charge in [0.1, 0.15) is 18.1 Å². The van der Waals surface area contributed by atoms with Gasteiger partial charge in [0, 0.05) is 30.2 Å². The van der Waals surface area contributed by atoms with Crippen molar-refractivity contribution in [3.8, 4) is 11.5 Å². The van der Waals surface area contributed by atoms with E-state index in [1.54, 1.807) is 7.11 Å². The van der Waals surface area contributed by atoms with Crippen LogP contribution in [0.4, 0.5) is 0 Å². The number of aliphatic hydroxyl groups is 1. The first-order valence-electron chi connectivity index (χ1n) is 11.9. The number of piperidine rings is 1. The number of methoxy groups -OCH3 is 1. The highest BCUT2D eigenvalue weighted by molar-refractivity contribution is 6.30. The number of rotatable bonds is 5. The minimum absolute atomic E-state index is 0.558. The Kier molecular flexibility index (Phi) is 6.64. The van der Waals surface area contributed by atoms with Gasteiger partial charge in [-0.15, -0.1) is 0 Å². The van der Waals surface area contributed by atoms with E-state index in [0.717, 1.165) is 61.5 Å². The SMILES string of the molecule is COc1ccc2c(c1)/C(=C\CCN1CCC(O)(c3ccc(Cl)cc3)CC1)c1ccccc1CO2. The molecule has 2 aliphatic heterocycles. The van der Waals surface area contributed by atoms with Crippen LogP contribution in [0.5, 0.6) is 11.5 Å². The van der Waals surface area contributed by atoms with Crippen LogP contribution < -0.4 is 9.47 Å². The van der Waals surface area contributed by atoms with E-state index < -0.39 is 5.60 Å². The van der Waals surface area contributed by atoms with E-state index in [2.05, 4.69) is 41.3 Å². The summed E-state index contributed by atoms with van der Waals surface area (Å²) < 4.78 is 11.6. The average Bonchev–Trinajstić information content (AvgIpc) is 3.02. The van der Waals surface area contributed by atoms with Gasteiger partial charge in [0.05, 0.1) is 12.7 Å². The summed E-state index contributed by atoms with van der Waals surface area (Å²) in [5.41, 5.74) is 4.85. The van der Waals surface area contributed by atoms with Crippen LogP contribution in [0.2, 0.25) is 5.02 Å². The van der Waals surface area contributed by atoms with Gasteiger partial charge in [-0.1, -0.05) is 54.1 Å². The van der Waals surface area contributed by atoms with Gasteiger partial charge in [-0.25, -0.2) is 0 Å². The van der Waals surface area contributed by atoms with Gasteiger partial charge in [0.25, 0.3) is 0 Å². The maximum absolute atomic E-state index is 11.2. The summed E-state index contributed by atoms with van der Waals surface area (Å²) in [6.07, 6.45) is 4.69. The molecule has 1 N–H and O–H groups in total. The molecule has 5 rings (SSSR count). The smallest absolute Gasteiger partial charge is 0.127 e. The predicted octanol–water partition coefficient (Wildman–Crippen LogP) is 6.05. The van der Waals surface area contributed by atoms with Crippen molar-refractivity contribution in [2.24, 2.45) is 0 Å². The molecule has 0 amide bonds. The Morgan fingerprint density at radius 3 is 2.56 bits per heavy atom. The van der Waals surface area contributed by atoms with Gasteiger partial charge in [0.15, 0.2) is 0 Å². The lowest BCUT2D eigenvalue weighted by atomic mass is 9.84. The first-order chi connectivity index (χ1) is 16.6. The number of benzene rings is 3. The summed E-state index contributed by atoms with van der Waals surface area (Å²) in [5, 5.41) is 11.9. The molecule has 0 atom stereocenters. The fraction of sp³-hybridized carbons (Fsp3) is 0.310.